The van der Waals surface area contributed by atoms with Crippen molar-refractivity contribution in [3.63, 3.8) is 0 Å². The Balaban J connectivity index is 3.98. The lowest BCUT2D eigenvalue weighted by Crippen LogP contribution is -2.21. The SMILES string of the molecule is C/C=C\C(C)/C=C(\C)CN(C)CCC. The van der Waals surface area contributed by atoms with Crippen molar-refractivity contribution in [1.29, 1.82) is 0 Å². The van der Waals surface area contributed by atoms with Gasteiger partial charge in [0.2, 0.25) is 0 Å². The molecule has 0 saturated heterocycles. The number of nitrogens with zero attached hydrogens (tertiary/aromatic N) is 1. The molecule has 0 radical (unpaired) electrons. The lowest BCUT2D eigenvalue weighted by atomic mass is 10.1. The van der Waals surface area contributed by atoms with Gasteiger partial charge in [-0.1, -0.05) is 37.6 Å². The van der Waals surface area contributed by atoms with Crippen molar-refractivity contribution in [2.45, 2.75) is 34.1 Å². The molecule has 1 atom stereocenters. The Morgan fingerprint density at radius 2 is 2.07 bits per heavy atom. The van der Waals surface area contributed by atoms with Crippen LogP contribution in [0.5, 0.6) is 0 Å². The van der Waals surface area contributed by atoms with Gasteiger partial charge in [0.1, 0.15) is 0 Å². The van der Waals surface area contributed by atoms with Gasteiger partial charge < -0.3 is 4.90 Å². The van der Waals surface area contributed by atoms with E-state index in [0.717, 1.165) is 6.54 Å². The largest absolute Gasteiger partial charge is 0.302 e. The normalized spacial score (nSPS) is 15.4. The van der Waals surface area contributed by atoms with Crippen molar-refractivity contribution in [1.82, 2.24) is 4.90 Å². The van der Waals surface area contributed by atoms with Crippen LogP contribution in [0.2, 0.25) is 0 Å². The van der Waals surface area contributed by atoms with Crippen LogP contribution < -0.4 is 0 Å². The van der Waals surface area contributed by atoms with Gasteiger partial charge in [-0.3, -0.25) is 0 Å². The smallest absolute Gasteiger partial charge is 0.0187 e. The standard InChI is InChI=1S/C13H25N/c1-6-8-12(3)10-13(4)11-14(5)9-7-2/h6,8,10,12H,7,9,11H2,1-5H3/b8-6-,13-10+. The zero-order valence-corrected chi connectivity index (χ0v) is 10.4. The van der Waals surface area contributed by atoms with Gasteiger partial charge in [0.05, 0.1) is 0 Å². The maximum Gasteiger partial charge on any atom is 0.0187 e. The molecule has 0 fully saturated rings. The third kappa shape index (κ3) is 6.90. The Morgan fingerprint density at radius 3 is 2.57 bits per heavy atom. The Labute approximate surface area is 89.5 Å². The van der Waals surface area contributed by atoms with Gasteiger partial charge in [0, 0.05) is 6.54 Å². The van der Waals surface area contributed by atoms with Crippen molar-refractivity contribution in [2.24, 2.45) is 5.92 Å². The average Bonchev–Trinajstić information content (AvgIpc) is 2.03. The molecule has 0 saturated carbocycles. The molecule has 1 nitrogen and oxygen atoms in total. The second kappa shape index (κ2) is 7.81. The Bertz CT molecular complexity index is 191. The first-order chi connectivity index (χ1) is 6.60. The molecule has 1 heteroatoms. The molecule has 0 rings (SSSR count). The highest BCUT2D eigenvalue weighted by Gasteiger charge is 1.98. The van der Waals surface area contributed by atoms with Gasteiger partial charge in [0.15, 0.2) is 0 Å². The fourth-order valence-corrected chi connectivity index (χ4v) is 1.75. The number of hydrogen-bond donors (Lipinski definition) is 0. The first-order valence-electron chi connectivity index (χ1n) is 5.58. The van der Waals surface area contributed by atoms with E-state index in [1.54, 1.807) is 0 Å². The van der Waals surface area contributed by atoms with Gasteiger partial charge in [-0.15, -0.1) is 0 Å². The monoisotopic (exact) mass is 195 g/mol. The maximum atomic E-state index is 2.37. The van der Waals surface area contributed by atoms with Crippen LogP contribution in [0.15, 0.2) is 23.8 Å². The molecule has 0 aromatic carbocycles. The van der Waals surface area contributed by atoms with E-state index in [4.69, 9.17) is 0 Å². The quantitative estimate of drug-likeness (QED) is 0.586. The third-order valence-electron chi connectivity index (χ3n) is 2.17. The van der Waals surface area contributed by atoms with E-state index in [1.807, 2.05) is 0 Å². The van der Waals surface area contributed by atoms with E-state index in [1.165, 1.54) is 18.5 Å². The summed E-state index contributed by atoms with van der Waals surface area (Å²) >= 11 is 0. The van der Waals surface area contributed by atoms with Crippen molar-refractivity contribution < 1.29 is 0 Å². The molecule has 0 aliphatic heterocycles. The molecule has 14 heavy (non-hydrogen) atoms. The summed E-state index contributed by atoms with van der Waals surface area (Å²) in [6.07, 6.45) is 7.91. The van der Waals surface area contributed by atoms with E-state index in [0.29, 0.717) is 5.92 Å². The second-order valence-corrected chi connectivity index (χ2v) is 4.14. The van der Waals surface area contributed by atoms with Gasteiger partial charge >= 0.3 is 0 Å². The molecule has 0 bridgehead atoms. The van der Waals surface area contributed by atoms with Crippen molar-refractivity contribution in [2.75, 3.05) is 20.1 Å². The number of hydrogen-bond acceptors (Lipinski definition) is 1. The zero-order valence-electron chi connectivity index (χ0n) is 10.4. The summed E-state index contributed by atoms with van der Waals surface area (Å²) in [7, 11) is 2.18. The molecular weight excluding hydrogens is 170 g/mol. The highest BCUT2D eigenvalue weighted by Crippen LogP contribution is 2.05. The number of rotatable bonds is 6. The minimum absolute atomic E-state index is 0.565. The lowest BCUT2D eigenvalue weighted by molar-refractivity contribution is 0.362. The predicted molar refractivity (Wildman–Crippen MR) is 65.5 cm³/mol. The molecule has 0 N–H and O–H groups in total. The highest BCUT2D eigenvalue weighted by molar-refractivity contribution is 5.07. The second-order valence-electron chi connectivity index (χ2n) is 4.14. The van der Waals surface area contributed by atoms with Crippen molar-refractivity contribution in [3.8, 4) is 0 Å². The molecule has 82 valence electrons. The van der Waals surface area contributed by atoms with Crippen LogP contribution in [0.25, 0.3) is 0 Å². The van der Waals surface area contributed by atoms with E-state index in [-0.39, 0.29) is 0 Å². The van der Waals surface area contributed by atoms with Crippen LogP contribution in [0, 0.1) is 5.92 Å². The average molecular weight is 195 g/mol. The van der Waals surface area contributed by atoms with Crippen LogP contribution >= 0.6 is 0 Å². The van der Waals surface area contributed by atoms with Crippen LogP contribution in [0.1, 0.15) is 34.1 Å². The summed E-state index contributed by atoms with van der Waals surface area (Å²) in [6.45, 7) is 11.0. The molecule has 0 spiro atoms. The summed E-state index contributed by atoms with van der Waals surface area (Å²) in [5.74, 6) is 0.565. The minimum atomic E-state index is 0.565. The molecular formula is C13H25N. The van der Waals surface area contributed by atoms with Crippen LogP contribution in [-0.2, 0) is 0 Å². The summed E-state index contributed by atoms with van der Waals surface area (Å²) in [4.78, 5) is 2.37. The lowest BCUT2D eigenvalue weighted by Gasteiger charge is -2.16. The summed E-state index contributed by atoms with van der Waals surface area (Å²) < 4.78 is 0. The maximum absolute atomic E-state index is 2.37. The van der Waals surface area contributed by atoms with E-state index in [9.17, 15) is 0 Å². The van der Waals surface area contributed by atoms with Crippen molar-refractivity contribution in [3.05, 3.63) is 23.8 Å². The first kappa shape index (κ1) is 13.4. The molecule has 0 aliphatic rings. The molecule has 0 aromatic heterocycles. The molecule has 0 aromatic rings. The number of likely N-dealkylation sites (N-methyl/N-ethyl adjacent to an activating group) is 1. The predicted octanol–water partition coefficient (Wildman–Crippen LogP) is 3.49. The summed E-state index contributed by atoms with van der Waals surface area (Å²) in [6, 6.07) is 0. The molecule has 0 amide bonds. The fourth-order valence-electron chi connectivity index (χ4n) is 1.75. The van der Waals surface area contributed by atoms with Gasteiger partial charge in [0.25, 0.3) is 0 Å². The Hall–Kier alpha value is -0.560. The minimum Gasteiger partial charge on any atom is -0.302 e. The van der Waals surface area contributed by atoms with Crippen LogP contribution in [-0.4, -0.2) is 25.0 Å². The molecule has 1 unspecified atom stereocenters. The van der Waals surface area contributed by atoms with E-state index >= 15 is 0 Å². The van der Waals surface area contributed by atoms with Crippen LogP contribution in [0.3, 0.4) is 0 Å². The number of allylic oxidation sites excluding steroid dienone is 3. The van der Waals surface area contributed by atoms with Gasteiger partial charge in [-0.25, -0.2) is 0 Å². The third-order valence-corrected chi connectivity index (χ3v) is 2.17. The van der Waals surface area contributed by atoms with Crippen molar-refractivity contribution >= 4 is 0 Å². The van der Waals surface area contributed by atoms with E-state index in [2.05, 4.69) is 57.9 Å². The Morgan fingerprint density at radius 1 is 1.43 bits per heavy atom. The van der Waals surface area contributed by atoms with Crippen LogP contribution in [0.4, 0.5) is 0 Å². The van der Waals surface area contributed by atoms with Gasteiger partial charge in [-0.2, -0.15) is 0 Å². The summed E-state index contributed by atoms with van der Waals surface area (Å²) in [5, 5.41) is 0. The topological polar surface area (TPSA) is 3.24 Å². The zero-order chi connectivity index (χ0) is 11.0. The fraction of sp³-hybridized carbons (Fsp3) is 0.692. The first-order valence-corrected chi connectivity index (χ1v) is 5.58. The van der Waals surface area contributed by atoms with E-state index < -0.39 is 0 Å². The van der Waals surface area contributed by atoms with Gasteiger partial charge in [-0.05, 0) is 39.8 Å². The summed E-state index contributed by atoms with van der Waals surface area (Å²) in [5.41, 5.74) is 1.46. The molecule has 0 heterocycles. The Kier molecular flexibility index (Phi) is 7.50. The molecule has 0 aliphatic carbocycles. The highest BCUT2D eigenvalue weighted by atomic mass is 15.1.